The lowest BCUT2D eigenvalue weighted by Crippen LogP contribution is -2.60. The monoisotopic (exact) mass is 175 g/mol. The van der Waals surface area contributed by atoms with Crippen molar-refractivity contribution >= 4 is 0 Å². The number of aliphatic hydroxyl groups excluding tert-OH is 2. The number of hydrogen-bond donors (Lipinski definition) is 3. The highest BCUT2D eigenvalue weighted by molar-refractivity contribution is 4.96. The predicted octanol–water partition coefficient (Wildman–Crippen LogP) is 0.349. The summed E-state index contributed by atoms with van der Waals surface area (Å²) in [7, 11) is 0. The van der Waals surface area contributed by atoms with E-state index in [4.69, 9.17) is 10.8 Å². The summed E-state index contributed by atoms with van der Waals surface area (Å²) in [6.45, 7) is 7.56. The second-order valence-corrected chi connectivity index (χ2v) is 4.01. The molecule has 0 rings (SSSR count). The summed E-state index contributed by atoms with van der Waals surface area (Å²) in [6.07, 6.45) is -0.836. The molecular formula is C9H21NO2. The molecule has 0 spiro atoms. The van der Waals surface area contributed by atoms with Gasteiger partial charge < -0.3 is 15.9 Å². The maximum Gasteiger partial charge on any atom is 0.0954 e. The van der Waals surface area contributed by atoms with Gasteiger partial charge in [0, 0.05) is 5.54 Å². The molecule has 12 heavy (non-hydrogen) atoms. The predicted molar refractivity (Wildman–Crippen MR) is 49.7 cm³/mol. The highest BCUT2D eigenvalue weighted by atomic mass is 16.3. The first-order valence-electron chi connectivity index (χ1n) is 4.45. The summed E-state index contributed by atoms with van der Waals surface area (Å²) < 4.78 is 0. The van der Waals surface area contributed by atoms with Gasteiger partial charge in [-0.2, -0.15) is 0 Å². The van der Waals surface area contributed by atoms with Crippen molar-refractivity contribution in [3.8, 4) is 0 Å². The van der Waals surface area contributed by atoms with E-state index in [-0.39, 0.29) is 18.4 Å². The zero-order valence-electron chi connectivity index (χ0n) is 8.41. The molecule has 0 aliphatic rings. The van der Waals surface area contributed by atoms with Crippen LogP contribution in [0.2, 0.25) is 0 Å². The van der Waals surface area contributed by atoms with Gasteiger partial charge in [-0.15, -0.1) is 0 Å². The van der Waals surface area contributed by atoms with Crippen LogP contribution < -0.4 is 5.73 Å². The third-order valence-corrected chi connectivity index (χ3v) is 2.75. The second-order valence-electron chi connectivity index (χ2n) is 4.01. The first-order valence-corrected chi connectivity index (χ1v) is 4.45. The van der Waals surface area contributed by atoms with Gasteiger partial charge in [-0.25, -0.2) is 0 Å². The smallest absolute Gasteiger partial charge is 0.0954 e. The van der Waals surface area contributed by atoms with E-state index >= 15 is 0 Å². The van der Waals surface area contributed by atoms with Crippen LogP contribution in [-0.4, -0.2) is 28.5 Å². The molecule has 0 radical (unpaired) electrons. The SMILES string of the molecule is CC(C)C(N)(C(C)C)C(O)CO. The van der Waals surface area contributed by atoms with Crippen molar-refractivity contribution in [1.82, 2.24) is 0 Å². The van der Waals surface area contributed by atoms with Crippen molar-refractivity contribution in [2.24, 2.45) is 17.6 Å². The van der Waals surface area contributed by atoms with Crippen LogP contribution in [0.1, 0.15) is 27.7 Å². The van der Waals surface area contributed by atoms with Crippen molar-refractivity contribution in [3.05, 3.63) is 0 Å². The molecule has 1 atom stereocenters. The minimum absolute atomic E-state index is 0.152. The van der Waals surface area contributed by atoms with Crippen LogP contribution in [0.25, 0.3) is 0 Å². The van der Waals surface area contributed by atoms with Gasteiger partial charge in [-0.05, 0) is 11.8 Å². The maximum atomic E-state index is 9.54. The van der Waals surface area contributed by atoms with Crippen LogP contribution in [0, 0.1) is 11.8 Å². The Kier molecular flexibility index (Phi) is 4.17. The quantitative estimate of drug-likeness (QED) is 0.577. The number of nitrogens with two attached hydrogens (primary N) is 1. The summed E-state index contributed by atoms with van der Waals surface area (Å²) in [5.41, 5.74) is 5.34. The second kappa shape index (κ2) is 4.21. The summed E-state index contributed by atoms with van der Waals surface area (Å²) in [4.78, 5) is 0. The van der Waals surface area contributed by atoms with Gasteiger partial charge in [0.2, 0.25) is 0 Å². The molecule has 0 fully saturated rings. The highest BCUT2D eigenvalue weighted by Crippen LogP contribution is 2.26. The molecule has 0 aromatic heterocycles. The van der Waals surface area contributed by atoms with Crippen LogP contribution in [0.15, 0.2) is 0 Å². The molecule has 0 amide bonds. The summed E-state index contributed by atoms with van der Waals surface area (Å²) in [5, 5.41) is 18.4. The van der Waals surface area contributed by atoms with Crippen molar-refractivity contribution in [1.29, 1.82) is 0 Å². The lowest BCUT2D eigenvalue weighted by molar-refractivity contribution is -0.0125. The first kappa shape index (κ1) is 11.9. The Morgan fingerprint density at radius 3 is 1.58 bits per heavy atom. The van der Waals surface area contributed by atoms with Gasteiger partial charge in [-0.3, -0.25) is 0 Å². The van der Waals surface area contributed by atoms with Crippen LogP contribution in [-0.2, 0) is 0 Å². The van der Waals surface area contributed by atoms with Gasteiger partial charge in [0.15, 0.2) is 0 Å². The Morgan fingerprint density at radius 2 is 1.50 bits per heavy atom. The molecule has 4 N–H and O–H groups in total. The Labute approximate surface area is 74.6 Å². The fourth-order valence-electron chi connectivity index (χ4n) is 1.59. The lowest BCUT2D eigenvalue weighted by Gasteiger charge is -2.41. The van der Waals surface area contributed by atoms with E-state index in [2.05, 4.69) is 0 Å². The minimum Gasteiger partial charge on any atom is -0.394 e. The molecule has 1 unspecified atom stereocenters. The molecule has 0 aliphatic heterocycles. The van der Waals surface area contributed by atoms with Crippen LogP contribution in [0.3, 0.4) is 0 Å². The molecule has 0 aromatic carbocycles. The summed E-state index contributed by atoms with van der Waals surface area (Å²) in [6, 6.07) is 0. The van der Waals surface area contributed by atoms with Crippen molar-refractivity contribution in [2.45, 2.75) is 39.3 Å². The van der Waals surface area contributed by atoms with E-state index in [1.165, 1.54) is 0 Å². The van der Waals surface area contributed by atoms with Gasteiger partial charge in [-0.1, -0.05) is 27.7 Å². The third kappa shape index (κ3) is 1.97. The molecule has 3 nitrogen and oxygen atoms in total. The molecule has 0 aromatic rings. The number of aliphatic hydroxyl groups is 2. The van der Waals surface area contributed by atoms with Crippen molar-refractivity contribution in [3.63, 3.8) is 0 Å². The van der Waals surface area contributed by atoms with Crippen molar-refractivity contribution in [2.75, 3.05) is 6.61 Å². The zero-order chi connectivity index (χ0) is 9.94. The minimum atomic E-state index is -0.836. The van der Waals surface area contributed by atoms with Crippen LogP contribution in [0.5, 0.6) is 0 Å². The van der Waals surface area contributed by atoms with Gasteiger partial charge in [0.05, 0.1) is 12.7 Å². The van der Waals surface area contributed by atoms with Crippen LogP contribution >= 0.6 is 0 Å². The molecule has 74 valence electrons. The molecule has 0 saturated carbocycles. The molecule has 0 aliphatic carbocycles. The largest absolute Gasteiger partial charge is 0.394 e. The van der Waals surface area contributed by atoms with Crippen LogP contribution in [0.4, 0.5) is 0 Å². The van der Waals surface area contributed by atoms with E-state index in [0.717, 1.165) is 0 Å². The Hall–Kier alpha value is -0.120. The normalized spacial score (nSPS) is 15.8. The maximum absolute atomic E-state index is 9.54. The summed E-state index contributed by atoms with van der Waals surface area (Å²) >= 11 is 0. The first-order chi connectivity index (χ1) is 5.37. The Morgan fingerprint density at radius 1 is 1.17 bits per heavy atom. The topological polar surface area (TPSA) is 66.5 Å². The van der Waals surface area contributed by atoms with Gasteiger partial charge >= 0.3 is 0 Å². The Bertz CT molecular complexity index is 126. The van der Waals surface area contributed by atoms with Gasteiger partial charge in [0.25, 0.3) is 0 Å². The molecule has 3 heteroatoms. The Balaban J connectivity index is 4.61. The van der Waals surface area contributed by atoms with E-state index in [1.54, 1.807) is 0 Å². The van der Waals surface area contributed by atoms with E-state index in [1.807, 2.05) is 27.7 Å². The lowest BCUT2D eigenvalue weighted by atomic mass is 9.74. The molecular weight excluding hydrogens is 154 g/mol. The van der Waals surface area contributed by atoms with Crippen molar-refractivity contribution < 1.29 is 10.2 Å². The molecule has 0 bridgehead atoms. The van der Waals surface area contributed by atoms with E-state index < -0.39 is 11.6 Å². The average Bonchev–Trinajstić information content (AvgIpc) is 2.00. The van der Waals surface area contributed by atoms with Gasteiger partial charge in [0.1, 0.15) is 0 Å². The molecule has 0 heterocycles. The highest BCUT2D eigenvalue weighted by Gasteiger charge is 2.39. The number of rotatable bonds is 4. The standard InChI is InChI=1S/C9H21NO2/c1-6(2)9(10,7(3)4)8(12)5-11/h6-8,11-12H,5,10H2,1-4H3. The summed E-state index contributed by atoms with van der Waals surface area (Å²) in [5.74, 6) is 0.305. The van der Waals surface area contributed by atoms with E-state index in [9.17, 15) is 5.11 Å². The average molecular weight is 175 g/mol. The van der Waals surface area contributed by atoms with E-state index in [0.29, 0.717) is 0 Å². The molecule has 0 saturated heterocycles. The zero-order valence-corrected chi connectivity index (χ0v) is 8.41. The fourth-order valence-corrected chi connectivity index (χ4v) is 1.59. The number of hydrogen-bond acceptors (Lipinski definition) is 3. The third-order valence-electron chi connectivity index (χ3n) is 2.75. The fraction of sp³-hybridized carbons (Fsp3) is 1.00.